The van der Waals surface area contributed by atoms with Crippen LogP contribution in [0.4, 0.5) is 0 Å². The first-order chi connectivity index (χ1) is 10.0. The van der Waals surface area contributed by atoms with Crippen LogP contribution in [0.1, 0.15) is 25.0 Å². The molecule has 1 aromatic rings. The normalized spacial score (nSPS) is 25.7. The largest absolute Gasteiger partial charge is 0.481 e. The molecule has 2 aliphatic heterocycles. The molecule has 21 heavy (non-hydrogen) atoms. The Morgan fingerprint density at radius 1 is 1.52 bits per heavy atom. The fraction of sp³-hybridized carbons (Fsp3) is 0.643. The molecule has 2 saturated heterocycles. The number of hydrogen-bond donors (Lipinski definition) is 1. The van der Waals surface area contributed by atoms with Gasteiger partial charge in [-0.3, -0.25) is 14.5 Å². The molecule has 0 bridgehead atoms. The molecule has 1 atom stereocenters. The number of rotatable bonds is 3. The van der Waals surface area contributed by atoms with Gasteiger partial charge in [0.25, 0.3) is 0 Å². The molecular weight excluding hydrogens is 290 g/mol. The number of carbonyl (C=O) groups is 2. The van der Waals surface area contributed by atoms with Crippen LogP contribution in [0.25, 0.3) is 0 Å². The van der Waals surface area contributed by atoms with E-state index in [2.05, 4.69) is 9.88 Å². The van der Waals surface area contributed by atoms with Gasteiger partial charge in [0.05, 0.1) is 22.7 Å². The van der Waals surface area contributed by atoms with Crippen LogP contribution >= 0.6 is 11.3 Å². The smallest absolute Gasteiger partial charge is 0.309 e. The first kappa shape index (κ1) is 14.5. The molecule has 2 aliphatic rings. The first-order valence-corrected chi connectivity index (χ1v) is 8.06. The van der Waals surface area contributed by atoms with Crippen molar-refractivity contribution in [1.82, 2.24) is 14.8 Å². The van der Waals surface area contributed by atoms with Crippen molar-refractivity contribution in [2.45, 2.75) is 31.3 Å². The lowest BCUT2D eigenvalue weighted by Crippen LogP contribution is -2.55. The molecule has 0 saturated carbocycles. The van der Waals surface area contributed by atoms with Crippen LogP contribution in [0, 0.1) is 5.92 Å². The standard InChI is InChI=1S/C14H19N3O3S/c1-16-12(18)6-11(13(19)20)14(16)2-4-17(5-3-14)7-10-8-21-9-15-10/h8-9,11H,2-7H2,1H3,(H,19,20). The van der Waals surface area contributed by atoms with Gasteiger partial charge in [0.1, 0.15) is 0 Å². The molecule has 1 N–H and O–H groups in total. The Morgan fingerprint density at radius 2 is 2.24 bits per heavy atom. The summed E-state index contributed by atoms with van der Waals surface area (Å²) in [5.74, 6) is -1.47. The second-order valence-corrected chi connectivity index (χ2v) is 6.63. The zero-order chi connectivity index (χ0) is 15.0. The summed E-state index contributed by atoms with van der Waals surface area (Å²) in [5, 5.41) is 11.5. The molecule has 3 rings (SSSR count). The minimum absolute atomic E-state index is 0.0460. The van der Waals surface area contributed by atoms with Gasteiger partial charge in [0.2, 0.25) is 5.91 Å². The van der Waals surface area contributed by atoms with Crippen LogP contribution in [0.15, 0.2) is 10.9 Å². The number of amides is 1. The third kappa shape index (κ3) is 2.44. The van der Waals surface area contributed by atoms with Crippen molar-refractivity contribution >= 4 is 23.2 Å². The Hall–Kier alpha value is -1.47. The number of aliphatic carboxylic acids is 1. The van der Waals surface area contributed by atoms with Crippen molar-refractivity contribution in [1.29, 1.82) is 0 Å². The quantitative estimate of drug-likeness (QED) is 0.903. The highest BCUT2D eigenvalue weighted by atomic mass is 32.1. The highest BCUT2D eigenvalue weighted by Crippen LogP contribution is 2.42. The van der Waals surface area contributed by atoms with E-state index < -0.39 is 17.4 Å². The molecule has 1 amide bonds. The van der Waals surface area contributed by atoms with Crippen LogP contribution in [0.2, 0.25) is 0 Å². The van der Waals surface area contributed by atoms with E-state index in [0.29, 0.717) is 0 Å². The number of hydrogen-bond acceptors (Lipinski definition) is 5. The van der Waals surface area contributed by atoms with Crippen LogP contribution in [0.5, 0.6) is 0 Å². The van der Waals surface area contributed by atoms with Crippen molar-refractivity contribution in [3.05, 3.63) is 16.6 Å². The zero-order valence-corrected chi connectivity index (χ0v) is 12.8. The molecule has 0 aromatic carbocycles. The third-order valence-electron chi connectivity index (χ3n) is 4.96. The molecular formula is C14H19N3O3S. The van der Waals surface area contributed by atoms with Gasteiger partial charge in [-0.15, -0.1) is 11.3 Å². The van der Waals surface area contributed by atoms with Gasteiger partial charge < -0.3 is 10.0 Å². The number of carboxylic acid groups (broad SMARTS) is 1. The second-order valence-electron chi connectivity index (χ2n) is 5.91. The molecule has 1 aromatic heterocycles. The van der Waals surface area contributed by atoms with Crippen molar-refractivity contribution in [2.24, 2.45) is 5.92 Å². The van der Waals surface area contributed by atoms with E-state index in [1.54, 1.807) is 23.3 Å². The summed E-state index contributed by atoms with van der Waals surface area (Å²) in [6, 6.07) is 0. The summed E-state index contributed by atoms with van der Waals surface area (Å²) in [4.78, 5) is 31.7. The third-order valence-corrected chi connectivity index (χ3v) is 5.59. The molecule has 7 heteroatoms. The Kier molecular flexibility index (Phi) is 3.71. The average Bonchev–Trinajstić information content (AvgIpc) is 3.04. The topological polar surface area (TPSA) is 73.7 Å². The zero-order valence-electron chi connectivity index (χ0n) is 12.0. The van der Waals surface area contributed by atoms with Gasteiger partial charge in [0.15, 0.2) is 0 Å². The fourth-order valence-electron chi connectivity index (χ4n) is 3.63. The maximum Gasteiger partial charge on any atom is 0.309 e. The number of piperidine rings is 1. The molecule has 3 heterocycles. The number of aromatic nitrogens is 1. The first-order valence-electron chi connectivity index (χ1n) is 7.12. The maximum atomic E-state index is 11.9. The summed E-state index contributed by atoms with van der Waals surface area (Å²) in [6.07, 6.45) is 1.57. The molecule has 2 fully saturated rings. The summed E-state index contributed by atoms with van der Waals surface area (Å²) in [6.45, 7) is 2.41. The lowest BCUT2D eigenvalue weighted by Gasteiger charge is -2.45. The Bertz CT molecular complexity index is 538. The maximum absolute atomic E-state index is 11.9. The van der Waals surface area contributed by atoms with E-state index in [9.17, 15) is 14.7 Å². The number of thiazole rings is 1. The van der Waals surface area contributed by atoms with Crippen molar-refractivity contribution in [3.63, 3.8) is 0 Å². The lowest BCUT2D eigenvalue weighted by molar-refractivity contribution is -0.146. The monoisotopic (exact) mass is 309 g/mol. The highest BCUT2D eigenvalue weighted by molar-refractivity contribution is 7.07. The second kappa shape index (κ2) is 5.38. The van der Waals surface area contributed by atoms with Crippen molar-refractivity contribution < 1.29 is 14.7 Å². The van der Waals surface area contributed by atoms with E-state index in [-0.39, 0.29) is 12.3 Å². The molecule has 1 unspecified atom stereocenters. The Balaban J connectivity index is 1.70. The van der Waals surface area contributed by atoms with Crippen LogP contribution in [-0.4, -0.2) is 57.4 Å². The summed E-state index contributed by atoms with van der Waals surface area (Å²) < 4.78 is 0. The molecule has 1 spiro atoms. The lowest BCUT2D eigenvalue weighted by atomic mass is 9.77. The fourth-order valence-corrected chi connectivity index (χ4v) is 4.18. The van der Waals surface area contributed by atoms with Crippen molar-refractivity contribution in [2.75, 3.05) is 20.1 Å². The van der Waals surface area contributed by atoms with Gasteiger partial charge in [-0.05, 0) is 12.8 Å². The summed E-state index contributed by atoms with van der Waals surface area (Å²) >= 11 is 1.58. The van der Waals surface area contributed by atoms with E-state index >= 15 is 0 Å². The van der Waals surface area contributed by atoms with Crippen LogP contribution < -0.4 is 0 Å². The Morgan fingerprint density at radius 3 is 2.81 bits per heavy atom. The van der Waals surface area contributed by atoms with Gasteiger partial charge in [-0.2, -0.15) is 0 Å². The molecule has 6 nitrogen and oxygen atoms in total. The van der Waals surface area contributed by atoms with Gasteiger partial charge >= 0.3 is 5.97 Å². The van der Waals surface area contributed by atoms with E-state index in [1.807, 2.05) is 10.9 Å². The molecule has 0 radical (unpaired) electrons. The number of nitrogens with zero attached hydrogens (tertiary/aromatic N) is 3. The van der Waals surface area contributed by atoms with Gasteiger partial charge in [-0.25, -0.2) is 4.98 Å². The summed E-state index contributed by atoms with van der Waals surface area (Å²) in [7, 11) is 1.75. The van der Waals surface area contributed by atoms with E-state index in [0.717, 1.165) is 38.2 Å². The van der Waals surface area contributed by atoms with Crippen LogP contribution in [0.3, 0.4) is 0 Å². The average molecular weight is 309 g/mol. The van der Waals surface area contributed by atoms with Crippen molar-refractivity contribution in [3.8, 4) is 0 Å². The SMILES string of the molecule is CN1C(=O)CC(C(=O)O)C12CCN(Cc1cscn1)CC2. The highest BCUT2D eigenvalue weighted by Gasteiger charge is 2.55. The van der Waals surface area contributed by atoms with Gasteiger partial charge in [0, 0.05) is 38.5 Å². The van der Waals surface area contributed by atoms with Gasteiger partial charge in [-0.1, -0.05) is 0 Å². The predicted octanol–water partition coefficient (Wildman–Crippen LogP) is 1.04. The van der Waals surface area contributed by atoms with E-state index in [4.69, 9.17) is 0 Å². The molecule has 114 valence electrons. The minimum atomic E-state index is -0.847. The number of carboxylic acids is 1. The van der Waals surface area contributed by atoms with E-state index in [1.165, 1.54) is 0 Å². The minimum Gasteiger partial charge on any atom is -0.481 e. The summed E-state index contributed by atoms with van der Waals surface area (Å²) in [5.41, 5.74) is 2.38. The Labute approximate surface area is 127 Å². The van der Waals surface area contributed by atoms with Crippen LogP contribution in [-0.2, 0) is 16.1 Å². The number of carbonyl (C=O) groups excluding carboxylic acids is 1. The number of likely N-dealkylation sites (tertiary alicyclic amines) is 2. The predicted molar refractivity (Wildman–Crippen MR) is 77.9 cm³/mol. The molecule has 0 aliphatic carbocycles.